The van der Waals surface area contributed by atoms with Crippen molar-refractivity contribution in [2.45, 2.75) is 24.3 Å². The Morgan fingerprint density at radius 2 is 1.58 bits per heavy atom. The molecule has 0 saturated carbocycles. The minimum atomic E-state index is -4.92. The molecule has 0 aromatic rings. The van der Waals surface area contributed by atoms with Gasteiger partial charge in [-0.15, -0.1) is 0 Å². The quantitative estimate of drug-likeness (QED) is 0.375. The lowest BCUT2D eigenvalue weighted by Crippen LogP contribution is -2.56. The summed E-state index contributed by atoms with van der Waals surface area (Å²) in [7, 11) is 0. The van der Waals surface area contributed by atoms with E-state index in [0.29, 0.717) is 0 Å². The molecule has 0 aromatic heterocycles. The zero-order chi connectivity index (χ0) is 15.0. The summed E-state index contributed by atoms with van der Waals surface area (Å²) >= 11 is 0. The van der Waals surface area contributed by atoms with Gasteiger partial charge in [-0.25, -0.2) is 17.6 Å². The molecular weight excluding hydrogens is 284 g/mol. The van der Waals surface area contributed by atoms with Crippen LogP contribution in [0, 0.1) is 10.1 Å². The smallest absolute Gasteiger partial charge is 0.396 e. The molecule has 4 nitrogen and oxygen atoms in total. The summed E-state index contributed by atoms with van der Waals surface area (Å²) in [6, 6.07) is 0. The lowest BCUT2D eigenvalue weighted by molar-refractivity contribution is -0.616. The van der Waals surface area contributed by atoms with Crippen LogP contribution in [-0.4, -0.2) is 28.1 Å². The Balaban J connectivity index is 3.53. The predicted molar refractivity (Wildman–Crippen MR) is 49.5 cm³/mol. The van der Waals surface area contributed by atoms with Gasteiger partial charge >= 0.3 is 5.79 Å². The average Bonchev–Trinajstić information content (AvgIpc) is 2.38. The average molecular weight is 291 g/mol. The largest absolute Gasteiger partial charge is 0.453 e. The number of allylic oxidation sites excluding steroid dienone is 2. The van der Waals surface area contributed by atoms with Gasteiger partial charge in [-0.2, -0.15) is 8.78 Å². The maximum atomic E-state index is 14.1. The van der Waals surface area contributed by atoms with Gasteiger partial charge < -0.3 is 5.11 Å². The van der Waals surface area contributed by atoms with Gasteiger partial charge in [-0.05, 0) is 6.42 Å². The normalized spacial score (nSPS) is 31.9. The highest BCUT2D eigenvalue weighted by atomic mass is 19.2. The summed E-state index contributed by atoms with van der Waals surface area (Å²) in [5.74, 6) is -16.1. The van der Waals surface area contributed by atoms with E-state index in [0.717, 1.165) is 0 Å². The maximum Gasteiger partial charge on any atom is 0.453 e. The van der Waals surface area contributed by atoms with E-state index >= 15 is 0 Å². The fourth-order valence-corrected chi connectivity index (χ4v) is 1.65. The lowest BCUT2D eigenvalue weighted by atomic mass is 9.83. The molecule has 2 atom stereocenters. The van der Waals surface area contributed by atoms with Crippen LogP contribution in [0.2, 0.25) is 0 Å². The van der Waals surface area contributed by atoms with E-state index in [1.54, 1.807) is 0 Å². The number of alkyl halides is 2. The third-order valence-electron chi connectivity index (χ3n) is 2.67. The number of halogens is 6. The van der Waals surface area contributed by atoms with E-state index in [2.05, 4.69) is 0 Å². The third-order valence-corrected chi connectivity index (χ3v) is 2.67. The fraction of sp³-hybridized carbons (Fsp3) is 0.556. The number of hydrogen-bond acceptors (Lipinski definition) is 3. The van der Waals surface area contributed by atoms with Gasteiger partial charge in [-0.3, -0.25) is 10.1 Å². The Kier molecular flexibility index (Phi) is 3.94. The Morgan fingerprint density at radius 3 is 2.00 bits per heavy atom. The summed E-state index contributed by atoms with van der Waals surface area (Å²) in [6.07, 6.45) is -2.17. The first-order valence-electron chi connectivity index (χ1n) is 4.89. The maximum absolute atomic E-state index is 14.1. The molecule has 0 aromatic carbocycles. The molecule has 0 amide bonds. The fourth-order valence-electron chi connectivity index (χ4n) is 1.65. The molecule has 0 aliphatic heterocycles. The van der Waals surface area contributed by atoms with E-state index in [-0.39, 0.29) is 0 Å². The molecule has 1 N–H and O–H groups in total. The van der Waals surface area contributed by atoms with Crippen LogP contribution in [0.4, 0.5) is 26.3 Å². The summed E-state index contributed by atoms with van der Waals surface area (Å²) in [5, 5.41) is 18.9. The standard InChI is InChI=1S/C9H7F6NO3/c10-4-5(11)7(13)9(15,16(18)19)8(14,6(4)12)2-1-3-17/h17H,1-3H2. The number of rotatable bonds is 4. The first kappa shape index (κ1) is 15.5. The van der Waals surface area contributed by atoms with E-state index < -0.39 is 59.1 Å². The van der Waals surface area contributed by atoms with E-state index in [4.69, 9.17) is 5.11 Å². The minimum Gasteiger partial charge on any atom is -0.396 e. The molecule has 1 aliphatic carbocycles. The van der Waals surface area contributed by atoms with Crippen LogP contribution in [-0.2, 0) is 0 Å². The van der Waals surface area contributed by atoms with Crippen LogP contribution >= 0.6 is 0 Å². The highest BCUT2D eigenvalue weighted by molar-refractivity contribution is 5.41. The van der Waals surface area contributed by atoms with Crippen molar-refractivity contribution in [3.8, 4) is 0 Å². The molecule has 108 valence electrons. The highest BCUT2D eigenvalue weighted by Crippen LogP contribution is 2.53. The Hall–Kier alpha value is -1.58. The third kappa shape index (κ3) is 1.90. The molecule has 0 bridgehead atoms. The van der Waals surface area contributed by atoms with Crippen molar-refractivity contribution >= 4 is 0 Å². The number of nitro groups is 1. The Labute approximate surface area is 102 Å². The molecule has 0 fully saturated rings. The molecule has 10 heteroatoms. The number of hydrogen-bond donors (Lipinski definition) is 1. The van der Waals surface area contributed by atoms with E-state index in [1.165, 1.54) is 0 Å². The molecule has 1 aliphatic rings. The zero-order valence-corrected chi connectivity index (χ0v) is 9.10. The second-order valence-electron chi connectivity index (χ2n) is 3.76. The Bertz CT molecular complexity index is 479. The predicted octanol–water partition coefficient (Wildman–Crippen LogP) is 2.72. The van der Waals surface area contributed by atoms with Crippen molar-refractivity contribution < 1.29 is 36.4 Å². The molecule has 0 heterocycles. The second kappa shape index (κ2) is 4.83. The van der Waals surface area contributed by atoms with Gasteiger partial charge in [-0.1, -0.05) is 0 Å². The monoisotopic (exact) mass is 291 g/mol. The van der Waals surface area contributed by atoms with Crippen molar-refractivity contribution in [3.63, 3.8) is 0 Å². The van der Waals surface area contributed by atoms with Crippen LogP contribution in [0.5, 0.6) is 0 Å². The van der Waals surface area contributed by atoms with Crippen molar-refractivity contribution in [1.29, 1.82) is 0 Å². The molecule has 0 spiro atoms. The summed E-state index contributed by atoms with van der Waals surface area (Å²) in [6.45, 7) is -0.845. The molecule has 1 rings (SSSR count). The van der Waals surface area contributed by atoms with Crippen LogP contribution in [0.15, 0.2) is 23.3 Å². The Morgan fingerprint density at radius 1 is 1.11 bits per heavy atom. The van der Waals surface area contributed by atoms with Crippen molar-refractivity contribution in [1.82, 2.24) is 0 Å². The van der Waals surface area contributed by atoms with Gasteiger partial charge in [0.2, 0.25) is 5.83 Å². The molecule has 19 heavy (non-hydrogen) atoms. The molecule has 0 saturated heterocycles. The van der Waals surface area contributed by atoms with Crippen molar-refractivity contribution in [3.05, 3.63) is 33.4 Å². The van der Waals surface area contributed by atoms with Crippen LogP contribution in [0.25, 0.3) is 0 Å². The first-order valence-corrected chi connectivity index (χ1v) is 4.89. The topological polar surface area (TPSA) is 63.4 Å². The van der Waals surface area contributed by atoms with Crippen LogP contribution < -0.4 is 0 Å². The second-order valence-corrected chi connectivity index (χ2v) is 3.76. The van der Waals surface area contributed by atoms with Gasteiger partial charge in [0.15, 0.2) is 11.7 Å². The molecule has 0 radical (unpaired) electrons. The van der Waals surface area contributed by atoms with Crippen LogP contribution in [0.3, 0.4) is 0 Å². The number of aliphatic hydroxyl groups excluding tert-OH is 1. The van der Waals surface area contributed by atoms with E-state index in [1.807, 2.05) is 0 Å². The van der Waals surface area contributed by atoms with Crippen molar-refractivity contribution in [2.75, 3.05) is 6.61 Å². The minimum absolute atomic E-state index is 0.731. The zero-order valence-electron chi connectivity index (χ0n) is 9.10. The van der Waals surface area contributed by atoms with Gasteiger partial charge in [0.05, 0.1) is 4.92 Å². The van der Waals surface area contributed by atoms with Crippen molar-refractivity contribution in [2.24, 2.45) is 0 Å². The first-order chi connectivity index (χ1) is 8.64. The van der Waals surface area contributed by atoms with Crippen LogP contribution in [0.1, 0.15) is 12.8 Å². The van der Waals surface area contributed by atoms with Gasteiger partial charge in [0, 0.05) is 13.0 Å². The SMILES string of the molecule is O=[N+]([O-])C1(F)C(F)=C(F)C(F)=C(F)C1(F)CCCO. The van der Waals surface area contributed by atoms with Gasteiger partial charge in [0.25, 0.3) is 11.5 Å². The van der Waals surface area contributed by atoms with E-state index in [9.17, 15) is 36.5 Å². The summed E-state index contributed by atoms with van der Waals surface area (Å²) in [4.78, 5) is 8.22. The highest BCUT2D eigenvalue weighted by Gasteiger charge is 2.74. The summed E-state index contributed by atoms with van der Waals surface area (Å²) < 4.78 is 80.1. The number of aliphatic hydroxyl groups is 1. The number of nitrogens with zero attached hydrogens (tertiary/aromatic N) is 1. The molecular formula is C9H7F6NO3. The summed E-state index contributed by atoms with van der Waals surface area (Å²) in [5.41, 5.74) is -4.37. The lowest BCUT2D eigenvalue weighted by Gasteiger charge is -2.32. The molecule has 2 unspecified atom stereocenters. The van der Waals surface area contributed by atoms with Gasteiger partial charge in [0.1, 0.15) is 0 Å².